The predicted molar refractivity (Wildman–Crippen MR) is 48.5 cm³/mol. The van der Waals surface area contributed by atoms with Gasteiger partial charge in [-0.2, -0.15) is 0 Å². The molecule has 0 spiro atoms. The Morgan fingerprint density at radius 2 is 1.85 bits per heavy atom. The molecular weight excluding hydrogens is 166 g/mol. The Balaban J connectivity index is 2.89. The van der Waals surface area contributed by atoms with Gasteiger partial charge in [-0.15, -0.1) is 0 Å². The van der Waals surface area contributed by atoms with E-state index in [1.165, 1.54) is 6.20 Å². The summed E-state index contributed by atoms with van der Waals surface area (Å²) in [6, 6.07) is 1.73. The predicted octanol–water partition coefficient (Wildman–Crippen LogP) is 1.35. The first-order valence-corrected chi connectivity index (χ1v) is 3.97. The van der Waals surface area contributed by atoms with Gasteiger partial charge in [0.15, 0.2) is 5.52 Å². The van der Waals surface area contributed by atoms with Crippen LogP contribution in [-0.4, -0.2) is 20.1 Å². The Morgan fingerprint density at radius 1 is 1.15 bits per heavy atom. The smallest absolute Gasteiger partial charge is 0.239 e. The van der Waals surface area contributed by atoms with Gasteiger partial charge >= 0.3 is 0 Å². The van der Waals surface area contributed by atoms with Gasteiger partial charge in [0.2, 0.25) is 5.88 Å². The van der Waals surface area contributed by atoms with E-state index in [0.29, 0.717) is 11.0 Å². The Bertz CT molecular complexity index is 468. The highest BCUT2D eigenvalue weighted by molar-refractivity contribution is 5.78. The highest BCUT2D eigenvalue weighted by atomic mass is 16.3. The van der Waals surface area contributed by atoms with Gasteiger partial charge in [-0.25, -0.2) is 15.0 Å². The van der Waals surface area contributed by atoms with Gasteiger partial charge in [0, 0.05) is 6.20 Å². The molecule has 0 aliphatic heterocycles. The average molecular weight is 175 g/mol. The molecule has 2 aromatic rings. The summed E-state index contributed by atoms with van der Waals surface area (Å²) in [7, 11) is 0. The van der Waals surface area contributed by atoms with Crippen molar-refractivity contribution in [3.8, 4) is 5.88 Å². The van der Waals surface area contributed by atoms with Crippen LogP contribution in [0.5, 0.6) is 5.88 Å². The third-order valence-corrected chi connectivity index (χ3v) is 1.97. The first-order valence-electron chi connectivity index (χ1n) is 3.97. The van der Waals surface area contributed by atoms with Crippen LogP contribution < -0.4 is 0 Å². The minimum absolute atomic E-state index is 0.0619. The number of fused-ring (bicyclic) bond motifs is 1. The number of pyridine rings is 1. The van der Waals surface area contributed by atoms with Gasteiger partial charge < -0.3 is 5.11 Å². The zero-order valence-electron chi connectivity index (χ0n) is 7.44. The molecule has 66 valence electrons. The summed E-state index contributed by atoms with van der Waals surface area (Å²) < 4.78 is 0. The lowest BCUT2D eigenvalue weighted by Crippen LogP contribution is -1.93. The van der Waals surface area contributed by atoms with E-state index in [9.17, 15) is 5.11 Å². The second kappa shape index (κ2) is 2.65. The van der Waals surface area contributed by atoms with Crippen LogP contribution in [0, 0.1) is 13.8 Å². The van der Waals surface area contributed by atoms with Gasteiger partial charge in [-0.1, -0.05) is 0 Å². The topological polar surface area (TPSA) is 58.9 Å². The first-order chi connectivity index (χ1) is 6.18. The lowest BCUT2D eigenvalue weighted by atomic mass is 10.3. The third-order valence-electron chi connectivity index (χ3n) is 1.97. The van der Waals surface area contributed by atoms with Crippen LogP contribution in [0.2, 0.25) is 0 Å². The number of nitrogens with zero attached hydrogens (tertiary/aromatic N) is 3. The molecule has 0 saturated heterocycles. The number of rotatable bonds is 0. The van der Waals surface area contributed by atoms with Crippen LogP contribution in [0.15, 0.2) is 12.3 Å². The van der Waals surface area contributed by atoms with E-state index in [2.05, 4.69) is 15.0 Å². The van der Waals surface area contributed by atoms with Crippen molar-refractivity contribution in [3.63, 3.8) is 0 Å². The SMILES string of the molecule is Cc1nc2ccnc(O)c2nc1C. The van der Waals surface area contributed by atoms with Crippen molar-refractivity contribution in [2.24, 2.45) is 0 Å². The second-order valence-corrected chi connectivity index (χ2v) is 2.90. The molecule has 1 N–H and O–H groups in total. The van der Waals surface area contributed by atoms with Gasteiger partial charge in [-0.05, 0) is 19.9 Å². The molecular formula is C9H9N3O. The number of aromatic nitrogens is 3. The van der Waals surface area contributed by atoms with Crippen LogP contribution in [0.4, 0.5) is 0 Å². The minimum atomic E-state index is -0.0619. The van der Waals surface area contributed by atoms with Crippen molar-refractivity contribution < 1.29 is 5.11 Å². The summed E-state index contributed by atoms with van der Waals surface area (Å²) in [5.74, 6) is -0.0619. The second-order valence-electron chi connectivity index (χ2n) is 2.90. The fourth-order valence-electron chi connectivity index (χ4n) is 1.14. The summed E-state index contributed by atoms with van der Waals surface area (Å²) in [5, 5.41) is 9.37. The zero-order valence-corrected chi connectivity index (χ0v) is 7.44. The molecule has 0 radical (unpaired) electrons. The van der Waals surface area contributed by atoms with Crippen LogP contribution in [0.1, 0.15) is 11.4 Å². The highest BCUT2D eigenvalue weighted by Crippen LogP contribution is 2.18. The van der Waals surface area contributed by atoms with E-state index in [1.54, 1.807) is 6.07 Å². The normalized spacial score (nSPS) is 10.6. The van der Waals surface area contributed by atoms with E-state index in [4.69, 9.17) is 0 Å². The number of aromatic hydroxyl groups is 1. The van der Waals surface area contributed by atoms with Crippen molar-refractivity contribution in [2.75, 3.05) is 0 Å². The molecule has 0 unspecified atom stereocenters. The van der Waals surface area contributed by atoms with Gasteiger partial charge in [0.05, 0.1) is 16.9 Å². The van der Waals surface area contributed by atoms with E-state index in [-0.39, 0.29) is 5.88 Å². The maximum Gasteiger partial charge on any atom is 0.239 e. The largest absolute Gasteiger partial charge is 0.492 e. The Kier molecular flexibility index (Phi) is 1.62. The Labute approximate surface area is 75.3 Å². The fourth-order valence-corrected chi connectivity index (χ4v) is 1.14. The molecule has 2 rings (SSSR count). The number of hydrogen-bond donors (Lipinski definition) is 1. The maximum absolute atomic E-state index is 9.37. The first kappa shape index (κ1) is 7.91. The van der Waals surface area contributed by atoms with Gasteiger partial charge in [0.1, 0.15) is 0 Å². The molecule has 0 aliphatic rings. The summed E-state index contributed by atoms with van der Waals surface area (Å²) in [6.45, 7) is 3.74. The van der Waals surface area contributed by atoms with Crippen molar-refractivity contribution in [2.45, 2.75) is 13.8 Å². The molecule has 0 amide bonds. The molecule has 0 aliphatic carbocycles. The van der Waals surface area contributed by atoms with E-state index < -0.39 is 0 Å². The molecule has 2 aromatic heterocycles. The standard InChI is InChI=1S/C9H9N3O/c1-5-6(2)12-8-7(11-5)3-4-10-9(8)13/h3-4H,1-2H3,(H,10,13). The molecule has 0 bridgehead atoms. The zero-order chi connectivity index (χ0) is 9.42. The summed E-state index contributed by atoms with van der Waals surface area (Å²) in [5.41, 5.74) is 2.83. The van der Waals surface area contributed by atoms with Crippen molar-refractivity contribution >= 4 is 11.0 Å². The fraction of sp³-hybridized carbons (Fsp3) is 0.222. The van der Waals surface area contributed by atoms with Gasteiger partial charge in [-0.3, -0.25) is 0 Å². The molecule has 0 aromatic carbocycles. The molecule has 2 heterocycles. The van der Waals surface area contributed by atoms with E-state index >= 15 is 0 Å². The third kappa shape index (κ3) is 1.20. The quantitative estimate of drug-likeness (QED) is 0.656. The van der Waals surface area contributed by atoms with E-state index in [0.717, 1.165) is 11.4 Å². The van der Waals surface area contributed by atoms with Crippen LogP contribution in [-0.2, 0) is 0 Å². The molecule has 4 heteroatoms. The maximum atomic E-state index is 9.37. The number of hydrogen-bond acceptors (Lipinski definition) is 4. The van der Waals surface area contributed by atoms with E-state index in [1.807, 2.05) is 13.8 Å². The van der Waals surface area contributed by atoms with Crippen LogP contribution in [0.3, 0.4) is 0 Å². The van der Waals surface area contributed by atoms with Crippen LogP contribution >= 0.6 is 0 Å². The average Bonchev–Trinajstić information content (AvgIpc) is 2.09. The molecule has 13 heavy (non-hydrogen) atoms. The molecule has 0 atom stereocenters. The highest BCUT2D eigenvalue weighted by Gasteiger charge is 2.05. The Hall–Kier alpha value is -1.71. The van der Waals surface area contributed by atoms with Gasteiger partial charge in [0.25, 0.3) is 0 Å². The van der Waals surface area contributed by atoms with Crippen molar-refractivity contribution in [3.05, 3.63) is 23.7 Å². The summed E-state index contributed by atoms with van der Waals surface area (Å²) in [4.78, 5) is 12.2. The molecule has 4 nitrogen and oxygen atoms in total. The van der Waals surface area contributed by atoms with Crippen molar-refractivity contribution in [1.29, 1.82) is 0 Å². The van der Waals surface area contributed by atoms with Crippen molar-refractivity contribution in [1.82, 2.24) is 15.0 Å². The van der Waals surface area contributed by atoms with Crippen LogP contribution in [0.25, 0.3) is 11.0 Å². The molecule has 0 fully saturated rings. The Morgan fingerprint density at radius 3 is 2.62 bits per heavy atom. The monoisotopic (exact) mass is 175 g/mol. The minimum Gasteiger partial charge on any atom is -0.492 e. The number of aryl methyl sites for hydroxylation is 2. The lowest BCUT2D eigenvalue weighted by Gasteiger charge is -2.02. The lowest BCUT2D eigenvalue weighted by molar-refractivity contribution is 0.459. The summed E-state index contributed by atoms with van der Waals surface area (Å²) >= 11 is 0. The molecule has 0 saturated carbocycles. The summed E-state index contributed by atoms with van der Waals surface area (Å²) in [6.07, 6.45) is 1.52.